The lowest BCUT2D eigenvalue weighted by Crippen LogP contribution is -1.99. The van der Waals surface area contributed by atoms with Crippen molar-refractivity contribution in [1.82, 2.24) is 0 Å². The van der Waals surface area contributed by atoms with E-state index in [4.69, 9.17) is 11.6 Å². The first-order valence-electron chi connectivity index (χ1n) is 35.2. The lowest BCUT2D eigenvalue weighted by Gasteiger charge is -2.23. The lowest BCUT2D eigenvalue weighted by atomic mass is 10.1. The second-order valence-corrected chi connectivity index (χ2v) is 29.8. The normalized spacial score (nSPS) is 11.8. The molecule has 0 saturated heterocycles. The molecule has 0 aliphatic rings. The average molecular weight is 1180 g/mol. The molecule has 0 saturated carbocycles. The van der Waals surface area contributed by atoms with E-state index in [9.17, 15) is 0 Å². The zero-order chi connectivity index (χ0) is 55.4. The van der Waals surface area contributed by atoms with E-state index >= 15 is 0 Å². The molecule has 0 spiro atoms. The second kappa shape index (κ2) is 63.3. The Hall–Kier alpha value is 1.26. The Labute approximate surface area is 512 Å². The van der Waals surface area contributed by atoms with Crippen molar-refractivity contribution in [3.8, 4) is 0 Å². The molecule has 0 nitrogen and oxygen atoms in total. The van der Waals surface area contributed by atoms with E-state index < -0.39 is 0 Å². The fourth-order valence-corrected chi connectivity index (χ4v) is 18.4. The summed E-state index contributed by atoms with van der Waals surface area (Å²) in [5.74, 6) is 6.14. The summed E-state index contributed by atoms with van der Waals surface area (Å²) in [6.45, 7) is 11.7. The van der Waals surface area contributed by atoms with Gasteiger partial charge in [-0.1, -0.05) is 367 Å². The summed E-state index contributed by atoms with van der Waals surface area (Å²) in [6, 6.07) is 0. The van der Waals surface area contributed by atoms with Crippen molar-refractivity contribution in [3.63, 3.8) is 0 Å². The van der Waals surface area contributed by atoms with E-state index in [0.717, 1.165) is 5.02 Å². The molecule has 0 aromatic heterocycles. The zero-order valence-corrected chi connectivity index (χ0v) is 57.7. The SMILES string of the molecule is CCCCCCCCCCCCCSc1c(Cl)c(SCCCCCCCCCCCCC)c(SCCCCCCCCCCCCC)c(SCCCCCCCCCCCCC)c1SCCCCCCCCCCCCC. The minimum Gasteiger partial charge on any atom is -0.124 e. The molecule has 0 atom stereocenters. The molecule has 1 rings (SSSR count). The molecule has 0 aliphatic carbocycles. The Morgan fingerprint density at radius 2 is 0.286 bits per heavy atom. The van der Waals surface area contributed by atoms with Crippen LogP contribution in [0.15, 0.2) is 24.5 Å². The van der Waals surface area contributed by atoms with Crippen LogP contribution in [-0.2, 0) is 0 Å². The third-order valence-corrected chi connectivity index (χ3v) is 23.3. The average Bonchev–Trinajstić information content (AvgIpc) is 3.43. The van der Waals surface area contributed by atoms with Crippen molar-refractivity contribution in [2.45, 2.75) is 412 Å². The second-order valence-electron chi connectivity index (χ2n) is 23.9. The van der Waals surface area contributed by atoms with Crippen LogP contribution in [0.5, 0.6) is 0 Å². The molecule has 0 fully saturated rings. The van der Waals surface area contributed by atoms with Crippen molar-refractivity contribution >= 4 is 70.4 Å². The predicted octanol–water partition coefficient (Wildman–Crippen LogP) is 29.4. The standard InChI is InChI=1S/C71H135ClS5/c1-6-11-16-21-26-31-36-41-46-51-56-61-73-67-66(72)68(74-62-57-52-47-42-37-32-27-22-17-12-7-2)70(76-64-59-54-49-44-39-34-29-24-19-14-9-4)71(77-65-60-55-50-45-40-35-30-25-20-15-10-5)69(67)75-63-58-53-48-43-38-33-28-23-18-13-8-3/h6-65H2,1-5H3. The third kappa shape index (κ3) is 48.2. The van der Waals surface area contributed by atoms with Gasteiger partial charge in [-0.15, -0.1) is 58.8 Å². The molecule has 0 heterocycles. The number of benzene rings is 1. The van der Waals surface area contributed by atoms with E-state index in [1.54, 1.807) is 14.7 Å². The molecule has 1 aromatic carbocycles. The minimum atomic E-state index is 1.13. The molecule has 6 heteroatoms. The number of thioether (sulfide) groups is 5. The van der Waals surface area contributed by atoms with Gasteiger partial charge in [-0.2, -0.15) is 0 Å². The van der Waals surface area contributed by atoms with Crippen molar-refractivity contribution in [2.24, 2.45) is 0 Å². The highest BCUT2D eigenvalue weighted by atomic mass is 35.5. The van der Waals surface area contributed by atoms with E-state index in [-0.39, 0.29) is 0 Å². The van der Waals surface area contributed by atoms with Gasteiger partial charge in [0, 0.05) is 24.5 Å². The maximum atomic E-state index is 7.98. The summed E-state index contributed by atoms with van der Waals surface area (Å²) in [7, 11) is 0. The van der Waals surface area contributed by atoms with E-state index in [2.05, 4.69) is 93.4 Å². The zero-order valence-electron chi connectivity index (χ0n) is 52.8. The Bertz CT molecular complexity index is 1240. The Morgan fingerprint density at radius 3 is 0.442 bits per heavy atom. The first-order chi connectivity index (χ1) is 38.2. The molecule has 0 N–H and O–H groups in total. The molecule has 0 radical (unpaired) electrons. The van der Waals surface area contributed by atoms with Crippen LogP contribution in [0.1, 0.15) is 388 Å². The molecule has 1 aromatic rings. The van der Waals surface area contributed by atoms with Crippen LogP contribution in [0.4, 0.5) is 0 Å². The van der Waals surface area contributed by atoms with Crippen LogP contribution in [0.25, 0.3) is 0 Å². The highest BCUT2D eigenvalue weighted by molar-refractivity contribution is 8.05. The Kier molecular flexibility index (Phi) is 62.7. The molecular weight excluding hydrogens is 1050 g/mol. The van der Waals surface area contributed by atoms with Gasteiger partial charge < -0.3 is 0 Å². The van der Waals surface area contributed by atoms with Gasteiger partial charge in [0.1, 0.15) is 0 Å². The van der Waals surface area contributed by atoms with Gasteiger partial charge >= 0.3 is 0 Å². The summed E-state index contributed by atoms with van der Waals surface area (Å²) in [5, 5.41) is 1.13. The van der Waals surface area contributed by atoms with Gasteiger partial charge in [0.2, 0.25) is 0 Å². The maximum Gasteiger partial charge on any atom is 0.0701 e. The molecule has 0 bridgehead atoms. The summed E-state index contributed by atoms with van der Waals surface area (Å²) in [4.78, 5) is 7.75. The van der Waals surface area contributed by atoms with Crippen LogP contribution >= 0.6 is 70.4 Å². The molecule has 0 unspecified atom stereocenters. The van der Waals surface area contributed by atoms with Gasteiger partial charge in [-0.3, -0.25) is 0 Å². The van der Waals surface area contributed by atoms with Crippen molar-refractivity contribution in [1.29, 1.82) is 0 Å². The first kappa shape index (κ1) is 76.3. The lowest BCUT2D eigenvalue weighted by molar-refractivity contribution is 0.555. The first-order valence-corrected chi connectivity index (χ1v) is 40.5. The van der Waals surface area contributed by atoms with Crippen LogP contribution in [0.2, 0.25) is 5.02 Å². The Morgan fingerprint density at radius 1 is 0.169 bits per heavy atom. The molecular formula is C71H135ClS5. The summed E-state index contributed by atoms with van der Waals surface area (Å²) >= 11 is 19.0. The number of hydrogen-bond donors (Lipinski definition) is 0. The summed E-state index contributed by atoms with van der Waals surface area (Å²) < 4.78 is 0. The van der Waals surface area contributed by atoms with Gasteiger partial charge in [0.15, 0.2) is 0 Å². The summed E-state index contributed by atoms with van der Waals surface area (Å²) in [6.07, 6.45) is 77.6. The maximum absolute atomic E-state index is 7.98. The topological polar surface area (TPSA) is 0 Å². The largest absolute Gasteiger partial charge is 0.124 e. The van der Waals surface area contributed by atoms with Crippen LogP contribution in [0, 0.1) is 0 Å². The molecule has 0 aliphatic heterocycles. The van der Waals surface area contributed by atoms with Crippen molar-refractivity contribution < 1.29 is 0 Å². The molecule has 0 amide bonds. The number of unbranched alkanes of at least 4 members (excludes halogenated alkanes) is 50. The summed E-state index contributed by atoms with van der Waals surface area (Å²) in [5.41, 5.74) is 0. The van der Waals surface area contributed by atoms with Gasteiger partial charge in [0.05, 0.1) is 5.02 Å². The highest BCUT2D eigenvalue weighted by Crippen LogP contribution is 2.54. The molecule has 77 heavy (non-hydrogen) atoms. The number of halogens is 1. The third-order valence-electron chi connectivity index (χ3n) is 16.2. The van der Waals surface area contributed by atoms with Crippen LogP contribution in [0.3, 0.4) is 0 Å². The van der Waals surface area contributed by atoms with Gasteiger partial charge in [0.25, 0.3) is 0 Å². The molecule has 456 valence electrons. The van der Waals surface area contributed by atoms with Crippen molar-refractivity contribution in [2.75, 3.05) is 28.8 Å². The van der Waals surface area contributed by atoms with Crippen LogP contribution in [-0.4, -0.2) is 28.8 Å². The smallest absolute Gasteiger partial charge is 0.0701 e. The van der Waals surface area contributed by atoms with E-state index in [0.29, 0.717) is 0 Å². The predicted molar refractivity (Wildman–Crippen MR) is 367 cm³/mol. The monoisotopic (exact) mass is 1180 g/mol. The fraction of sp³-hybridized carbons (Fsp3) is 0.915. The number of hydrogen-bond acceptors (Lipinski definition) is 5. The fourth-order valence-electron chi connectivity index (χ4n) is 11.0. The van der Waals surface area contributed by atoms with Crippen LogP contribution < -0.4 is 0 Å². The Balaban J connectivity index is 3.32. The van der Waals surface area contributed by atoms with Gasteiger partial charge in [-0.25, -0.2) is 0 Å². The van der Waals surface area contributed by atoms with Crippen molar-refractivity contribution in [3.05, 3.63) is 5.02 Å². The highest BCUT2D eigenvalue weighted by Gasteiger charge is 2.25. The minimum absolute atomic E-state index is 1.13. The van der Waals surface area contributed by atoms with Gasteiger partial charge in [-0.05, 0) is 60.9 Å². The number of rotatable bonds is 65. The quantitative estimate of drug-likeness (QED) is 0.0469. The van der Waals surface area contributed by atoms with E-state index in [1.807, 2.05) is 0 Å². The van der Waals surface area contributed by atoms with E-state index in [1.165, 1.54) is 392 Å².